The normalized spacial score (nSPS) is 11.8. The van der Waals surface area contributed by atoms with E-state index in [0.717, 1.165) is 4.47 Å². The van der Waals surface area contributed by atoms with E-state index in [4.69, 9.17) is 16.3 Å². The lowest BCUT2D eigenvalue weighted by atomic mass is 10.3. The SMILES string of the molecule is CC(Oc1ccc(Br)cc1)C(=O)Nc1cccc(Cl)c1. The number of anilines is 1. The van der Waals surface area contributed by atoms with Gasteiger partial charge in [0.1, 0.15) is 5.75 Å². The first kappa shape index (κ1) is 14.9. The topological polar surface area (TPSA) is 38.3 Å². The van der Waals surface area contributed by atoms with E-state index in [2.05, 4.69) is 21.2 Å². The largest absolute Gasteiger partial charge is 0.481 e. The van der Waals surface area contributed by atoms with Crippen LogP contribution in [0.4, 0.5) is 5.69 Å². The quantitative estimate of drug-likeness (QED) is 0.877. The van der Waals surface area contributed by atoms with Crippen molar-refractivity contribution in [3.63, 3.8) is 0 Å². The van der Waals surface area contributed by atoms with Crippen molar-refractivity contribution in [1.29, 1.82) is 0 Å². The summed E-state index contributed by atoms with van der Waals surface area (Å²) in [6.07, 6.45) is -0.602. The Morgan fingerprint density at radius 1 is 1.25 bits per heavy atom. The number of amides is 1. The van der Waals surface area contributed by atoms with Crippen molar-refractivity contribution < 1.29 is 9.53 Å². The molecule has 5 heteroatoms. The lowest BCUT2D eigenvalue weighted by molar-refractivity contribution is -0.122. The van der Waals surface area contributed by atoms with Gasteiger partial charge in [0, 0.05) is 15.2 Å². The molecule has 1 unspecified atom stereocenters. The van der Waals surface area contributed by atoms with E-state index < -0.39 is 6.10 Å². The highest BCUT2D eigenvalue weighted by atomic mass is 79.9. The number of ether oxygens (including phenoxy) is 1. The smallest absolute Gasteiger partial charge is 0.265 e. The van der Waals surface area contributed by atoms with Gasteiger partial charge >= 0.3 is 0 Å². The van der Waals surface area contributed by atoms with E-state index in [1.165, 1.54) is 0 Å². The van der Waals surface area contributed by atoms with Crippen LogP contribution in [0.5, 0.6) is 5.75 Å². The van der Waals surface area contributed by atoms with Crippen LogP contribution in [0.3, 0.4) is 0 Å². The van der Waals surface area contributed by atoms with E-state index in [-0.39, 0.29) is 5.91 Å². The molecule has 0 aliphatic heterocycles. The molecule has 1 atom stereocenters. The summed E-state index contributed by atoms with van der Waals surface area (Å²) in [5.74, 6) is 0.414. The van der Waals surface area contributed by atoms with E-state index in [1.807, 2.05) is 12.1 Å². The molecule has 0 spiro atoms. The maximum Gasteiger partial charge on any atom is 0.265 e. The van der Waals surface area contributed by atoms with E-state index in [1.54, 1.807) is 43.3 Å². The summed E-state index contributed by atoms with van der Waals surface area (Å²) in [7, 11) is 0. The third kappa shape index (κ3) is 4.25. The number of benzene rings is 2. The van der Waals surface area contributed by atoms with Crippen LogP contribution in [-0.2, 0) is 4.79 Å². The first-order valence-electron chi connectivity index (χ1n) is 6.03. The van der Waals surface area contributed by atoms with Gasteiger partial charge in [-0.3, -0.25) is 4.79 Å². The zero-order valence-corrected chi connectivity index (χ0v) is 13.1. The fourth-order valence-electron chi connectivity index (χ4n) is 1.58. The Morgan fingerprint density at radius 3 is 2.60 bits per heavy atom. The highest BCUT2D eigenvalue weighted by Crippen LogP contribution is 2.18. The van der Waals surface area contributed by atoms with Gasteiger partial charge in [0.15, 0.2) is 6.10 Å². The molecule has 0 aliphatic carbocycles. The van der Waals surface area contributed by atoms with E-state index in [0.29, 0.717) is 16.5 Å². The van der Waals surface area contributed by atoms with Crippen molar-refractivity contribution in [2.75, 3.05) is 5.32 Å². The van der Waals surface area contributed by atoms with E-state index in [9.17, 15) is 4.79 Å². The Morgan fingerprint density at radius 2 is 1.95 bits per heavy atom. The molecule has 2 rings (SSSR count). The summed E-state index contributed by atoms with van der Waals surface area (Å²) in [5.41, 5.74) is 0.647. The van der Waals surface area contributed by atoms with Gasteiger partial charge in [-0.1, -0.05) is 33.6 Å². The fraction of sp³-hybridized carbons (Fsp3) is 0.133. The molecule has 0 saturated carbocycles. The van der Waals surface area contributed by atoms with Crippen molar-refractivity contribution in [3.05, 3.63) is 58.0 Å². The summed E-state index contributed by atoms with van der Waals surface area (Å²) in [5, 5.41) is 3.33. The maximum absolute atomic E-state index is 12.0. The Kier molecular flexibility index (Phi) is 5.04. The summed E-state index contributed by atoms with van der Waals surface area (Å²) in [6.45, 7) is 1.70. The molecule has 1 amide bonds. The van der Waals surface area contributed by atoms with Crippen LogP contribution < -0.4 is 10.1 Å². The van der Waals surface area contributed by atoms with Crippen molar-refractivity contribution in [1.82, 2.24) is 0 Å². The Labute approximate surface area is 131 Å². The minimum atomic E-state index is -0.602. The number of halogens is 2. The number of rotatable bonds is 4. The molecule has 0 fully saturated rings. The van der Waals surface area contributed by atoms with Crippen molar-refractivity contribution in [2.45, 2.75) is 13.0 Å². The second-order valence-corrected chi connectivity index (χ2v) is 5.57. The predicted octanol–water partition coefficient (Wildman–Crippen LogP) is 4.51. The minimum Gasteiger partial charge on any atom is -0.481 e. The highest BCUT2D eigenvalue weighted by molar-refractivity contribution is 9.10. The molecular weight excluding hydrogens is 342 g/mol. The standard InChI is InChI=1S/C15H13BrClNO2/c1-10(20-14-7-5-11(16)6-8-14)15(19)18-13-4-2-3-12(17)9-13/h2-10H,1H3,(H,18,19). The van der Waals surface area contributed by atoms with Crippen molar-refractivity contribution >= 4 is 39.1 Å². The van der Waals surface area contributed by atoms with Gasteiger partial charge in [-0.2, -0.15) is 0 Å². The minimum absolute atomic E-state index is 0.227. The average Bonchev–Trinajstić information content (AvgIpc) is 2.41. The molecule has 104 valence electrons. The average molecular weight is 355 g/mol. The van der Waals surface area contributed by atoms with Gasteiger partial charge in [-0.15, -0.1) is 0 Å². The summed E-state index contributed by atoms with van der Waals surface area (Å²) in [6, 6.07) is 14.3. The van der Waals surface area contributed by atoms with Gasteiger partial charge in [-0.05, 0) is 49.4 Å². The van der Waals surface area contributed by atoms with E-state index >= 15 is 0 Å². The van der Waals surface area contributed by atoms with Crippen LogP contribution in [-0.4, -0.2) is 12.0 Å². The Bertz CT molecular complexity index is 601. The number of carbonyl (C=O) groups is 1. The van der Waals surface area contributed by atoms with Crippen LogP contribution >= 0.6 is 27.5 Å². The second-order valence-electron chi connectivity index (χ2n) is 4.21. The zero-order valence-electron chi connectivity index (χ0n) is 10.8. The van der Waals surface area contributed by atoms with Gasteiger partial charge in [0.05, 0.1) is 0 Å². The lowest BCUT2D eigenvalue weighted by Crippen LogP contribution is -2.30. The monoisotopic (exact) mass is 353 g/mol. The van der Waals surface area contributed by atoms with Gasteiger partial charge in [0.2, 0.25) is 0 Å². The van der Waals surface area contributed by atoms with Gasteiger partial charge < -0.3 is 10.1 Å². The maximum atomic E-state index is 12.0. The molecule has 20 heavy (non-hydrogen) atoms. The van der Waals surface area contributed by atoms with Crippen LogP contribution in [0.15, 0.2) is 53.0 Å². The van der Waals surface area contributed by atoms with Crippen LogP contribution in [0.2, 0.25) is 5.02 Å². The number of hydrogen-bond acceptors (Lipinski definition) is 2. The Balaban J connectivity index is 1.96. The van der Waals surface area contributed by atoms with Gasteiger partial charge in [0.25, 0.3) is 5.91 Å². The summed E-state index contributed by atoms with van der Waals surface area (Å²) >= 11 is 9.21. The molecule has 2 aromatic rings. The molecule has 0 heterocycles. The summed E-state index contributed by atoms with van der Waals surface area (Å²) < 4.78 is 6.53. The van der Waals surface area contributed by atoms with Crippen molar-refractivity contribution in [2.24, 2.45) is 0 Å². The zero-order chi connectivity index (χ0) is 14.5. The first-order chi connectivity index (χ1) is 9.54. The van der Waals surface area contributed by atoms with Crippen molar-refractivity contribution in [3.8, 4) is 5.75 Å². The van der Waals surface area contributed by atoms with Crippen LogP contribution in [0.25, 0.3) is 0 Å². The first-order valence-corrected chi connectivity index (χ1v) is 7.20. The molecule has 0 aliphatic rings. The molecular formula is C15H13BrClNO2. The second kappa shape index (κ2) is 6.77. The highest BCUT2D eigenvalue weighted by Gasteiger charge is 2.14. The number of carbonyl (C=O) groups excluding carboxylic acids is 1. The molecule has 0 aromatic heterocycles. The van der Waals surface area contributed by atoms with Crippen LogP contribution in [0, 0.1) is 0 Å². The predicted molar refractivity (Wildman–Crippen MR) is 84.3 cm³/mol. The molecule has 3 nitrogen and oxygen atoms in total. The molecule has 1 N–H and O–H groups in total. The molecule has 0 saturated heterocycles. The molecule has 0 bridgehead atoms. The molecule has 2 aromatic carbocycles. The lowest BCUT2D eigenvalue weighted by Gasteiger charge is -2.14. The Hall–Kier alpha value is -1.52. The van der Waals surface area contributed by atoms with Gasteiger partial charge in [-0.25, -0.2) is 0 Å². The third-order valence-corrected chi connectivity index (χ3v) is 3.35. The number of nitrogens with one attached hydrogen (secondary N) is 1. The fourth-order valence-corrected chi connectivity index (χ4v) is 2.04. The number of hydrogen-bond donors (Lipinski definition) is 1. The third-order valence-electron chi connectivity index (χ3n) is 2.59. The van der Waals surface area contributed by atoms with Crippen LogP contribution in [0.1, 0.15) is 6.92 Å². The summed E-state index contributed by atoms with van der Waals surface area (Å²) in [4.78, 5) is 12.0. The molecule has 0 radical (unpaired) electrons.